The predicted octanol–water partition coefficient (Wildman–Crippen LogP) is 2.33. The maximum absolute atomic E-state index is 12.8. The molecule has 7 nitrogen and oxygen atoms in total. The molecule has 0 bridgehead atoms. The number of nitrogens with zero attached hydrogens (tertiary/aromatic N) is 3. The fourth-order valence-electron chi connectivity index (χ4n) is 4.88. The number of hydrogen-bond acceptors (Lipinski definition) is 6. The fourth-order valence-corrected chi connectivity index (χ4v) is 5.52. The highest BCUT2D eigenvalue weighted by atomic mass is 32.1. The topological polar surface area (TPSA) is 94.1 Å². The summed E-state index contributed by atoms with van der Waals surface area (Å²) in [6, 6.07) is 5.28. The molecule has 152 valence electrons. The number of carbonyl (C=O) groups excluding carboxylic acids is 1. The van der Waals surface area contributed by atoms with Crippen molar-refractivity contribution in [3.63, 3.8) is 0 Å². The van der Waals surface area contributed by atoms with E-state index in [2.05, 4.69) is 25.2 Å². The summed E-state index contributed by atoms with van der Waals surface area (Å²) in [5.41, 5.74) is 4.17. The van der Waals surface area contributed by atoms with Gasteiger partial charge in [0.1, 0.15) is 5.82 Å². The SMILES string of the molecule is Cc1nc2ccc(C(=O)N[C@H]3C[C@H]4CN(Cc5cncs5)C[C@H]4C[C@@H]3O)cc2[nH]1. The number of aliphatic hydroxyl groups is 1. The van der Waals surface area contributed by atoms with Gasteiger partial charge in [0.2, 0.25) is 0 Å². The molecule has 1 aromatic carbocycles. The van der Waals surface area contributed by atoms with Crippen LogP contribution in [0.3, 0.4) is 0 Å². The molecule has 3 aromatic rings. The molecule has 0 unspecified atom stereocenters. The van der Waals surface area contributed by atoms with E-state index in [0.717, 1.165) is 49.3 Å². The number of fused-ring (bicyclic) bond motifs is 2. The number of rotatable bonds is 4. The van der Waals surface area contributed by atoms with E-state index in [9.17, 15) is 9.90 Å². The van der Waals surface area contributed by atoms with Gasteiger partial charge in [-0.25, -0.2) is 4.98 Å². The number of amides is 1. The largest absolute Gasteiger partial charge is 0.391 e. The lowest BCUT2D eigenvalue weighted by molar-refractivity contribution is 0.0461. The Kier molecular flexibility index (Phi) is 4.85. The molecule has 5 rings (SSSR count). The molecule has 2 fully saturated rings. The van der Waals surface area contributed by atoms with Crippen LogP contribution in [0, 0.1) is 18.8 Å². The van der Waals surface area contributed by atoms with Gasteiger partial charge in [0.05, 0.1) is 28.7 Å². The Morgan fingerprint density at radius 2 is 2.17 bits per heavy atom. The quantitative estimate of drug-likeness (QED) is 0.613. The van der Waals surface area contributed by atoms with E-state index >= 15 is 0 Å². The lowest BCUT2D eigenvalue weighted by Gasteiger charge is -2.35. The Morgan fingerprint density at radius 3 is 2.97 bits per heavy atom. The van der Waals surface area contributed by atoms with Crippen LogP contribution in [0.5, 0.6) is 0 Å². The van der Waals surface area contributed by atoms with Crippen LogP contribution in [-0.2, 0) is 6.54 Å². The summed E-state index contributed by atoms with van der Waals surface area (Å²) in [7, 11) is 0. The lowest BCUT2D eigenvalue weighted by atomic mass is 9.77. The van der Waals surface area contributed by atoms with Gasteiger partial charge in [0.25, 0.3) is 5.91 Å². The number of aliphatic hydroxyl groups excluding tert-OH is 1. The average molecular weight is 412 g/mol. The van der Waals surface area contributed by atoms with E-state index < -0.39 is 6.10 Å². The monoisotopic (exact) mass is 411 g/mol. The third kappa shape index (κ3) is 3.80. The molecule has 1 saturated carbocycles. The molecule has 3 N–H and O–H groups in total. The normalized spacial score (nSPS) is 27.2. The van der Waals surface area contributed by atoms with Gasteiger partial charge in [-0.3, -0.25) is 14.7 Å². The summed E-state index contributed by atoms with van der Waals surface area (Å²) in [6.45, 7) is 4.85. The molecular weight excluding hydrogens is 386 g/mol. The first kappa shape index (κ1) is 18.7. The van der Waals surface area contributed by atoms with Gasteiger partial charge in [0.15, 0.2) is 0 Å². The van der Waals surface area contributed by atoms with Crippen molar-refractivity contribution in [2.45, 2.75) is 38.5 Å². The van der Waals surface area contributed by atoms with Crippen LogP contribution in [-0.4, -0.2) is 56.1 Å². The summed E-state index contributed by atoms with van der Waals surface area (Å²) >= 11 is 1.69. The molecule has 3 heterocycles. The number of aryl methyl sites for hydroxylation is 1. The van der Waals surface area contributed by atoms with Crippen LogP contribution in [0.15, 0.2) is 29.9 Å². The zero-order valence-electron chi connectivity index (χ0n) is 16.3. The zero-order chi connectivity index (χ0) is 20.0. The summed E-state index contributed by atoms with van der Waals surface area (Å²) in [5.74, 6) is 1.70. The molecule has 1 aliphatic heterocycles. The van der Waals surface area contributed by atoms with Crippen LogP contribution < -0.4 is 5.32 Å². The predicted molar refractivity (Wildman–Crippen MR) is 112 cm³/mol. The number of thiazole rings is 1. The van der Waals surface area contributed by atoms with Crippen molar-refractivity contribution < 1.29 is 9.90 Å². The molecule has 8 heteroatoms. The minimum absolute atomic E-state index is 0.138. The van der Waals surface area contributed by atoms with E-state index in [1.807, 2.05) is 30.8 Å². The van der Waals surface area contributed by atoms with Crippen LogP contribution >= 0.6 is 11.3 Å². The zero-order valence-corrected chi connectivity index (χ0v) is 17.2. The van der Waals surface area contributed by atoms with Crippen LogP contribution in [0.25, 0.3) is 11.0 Å². The second-order valence-corrected chi connectivity index (χ2v) is 9.33. The van der Waals surface area contributed by atoms with E-state index in [1.54, 1.807) is 17.4 Å². The highest BCUT2D eigenvalue weighted by molar-refractivity contribution is 7.09. The number of hydrogen-bond donors (Lipinski definition) is 3. The van der Waals surface area contributed by atoms with E-state index in [1.165, 1.54) is 4.88 Å². The first-order valence-corrected chi connectivity index (χ1v) is 11.0. The molecule has 0 radical (unpaired) electrons. The number of aromatic nitrogens is 3. The summed E-state index contributed by atoms with van der Waals surface area (Å²) < 4.78 is 0. The van der Waals surface area contributed by atoms with Crippen LogP contribution in [0.2, 0.25) is 0 Å². The molecule has 4 atom stereocenters. The summed E-state index contributed by atoms with van der Waals surface area (Å²) in [6.07, 6.45) is 3.00. The number of H-pyrrole nitrogens is 1. The van der Waals surface area contributed by atoms with Crippen LogP contribution in [0.1, 0.15) is 33.9 Å². The molecule has 2 aliphatic rings. The van der Waals surface area contributed by atoms with Crippen molar-refractivity contribution in [2.24, 2.45) is 11.8 Å². The number of imidazole rings is 1. The maximum atomic E-state index is 12.8. The molecular formula is C21H25N5O2S. The van der Waals surface area contributed by atoms with Crippen molar-refractivity contribution in [3.05, 3.63) is 46.2 Å². The summed E-state index contributed by atoms with van der Waals surface area (Å²) in [4.78, 5) is 28.2. The van der Waals surface area contributed by atoms with Gasteiger partial charge < -0.3 is 15.4 Å². The number of nitrogens with one attached hydrogen (secondary N) is 2. The van der Waals surface area contributed by atoms with Gasteiger partial charge in [-0.15, -0.1) is 11.3 Å². The Bertz CT molecular complexity index is 1020. The molecule has 2 aromatic heterocycles. The maximum Gasteiger partial charge on any atom is 0.251 e. The van der Waals surface area contributed by atoms with Gasteiger partial charge in [-0.1, -0.05) is 0 Å². The number of carbonyl (C=O) groups is 1. The molecule has 1 saturated heterocycles. The van der Waals surface area contributed by atoms with Crippen molar-refractivity contribution in [3.8, 4) is 0 Å². The van der Waals surface area contributed by atoms with Crippen molar-refractivity contribution in [2.75, 3.05) is 13.1 Å². The Balaban J connectivity index is 1.24. The Morgan fingerprint density at radius 1 is 1.34 bits per heavy atom. The molecule has 0 spiro atoms. The van der Waals surface area contributed by atoms with Crippen molar-refractivity contribution in [1.29, 1.82) is 0 Å². The molecule has 1 amide bonds. The highest BCUT2D eigenvalue weighted by Gasteiger charge is 2.42. The standard InChI is InChI=1S/C21H25N5O2S/c1-12-23-17-3-2-13(4-18(17)24-12)21(28)25-19-5-14-8-26(9-15(14)6-20(19)27)10-16-7-22-11-29-16/h2-4,7,11,14-15,19-20,27H,5-6,8-10H2,1H3,(H,23,24)(H,25,28)/t14-,15+,19-,20-/m0/s1. The van der Waals surface area contributed by atoms with Gasteiger partial charge in [-0.05, 0) is 49.8 Å². The average Bonchev–Trinajstić information content (AvgIpc) is 3.40. The van der Waals surface area contributed by atoms with E-state index in [4.69, 9.17) is 0 Å². The second kappa shape index (κ2) is 7.51. The van der Waals surface area contributed by atoms with E-state index in [0.29, 0.717) is 17.4 Å². The van der Waals surface area contributed by atoms with Gasteiger partial charge in [0, 0.05) is 36.3 Å². The minimum Gasteiger partial charge on any atom is -0.391 e. The highest BCUT2D eigenvalue weighted by Crippen LogP contribution is 2.37. The first-order chi connectivity index (χ1) is 14.0. The van der Waals surface area contributed by atoms with E-state index in [-0.39, 0.29) is 11.9 Å². The smallest absolute Gasteiger partial charge is 0.251 e. The van der Waals surface area contributed by atoms with Crippen molar-refractivity contribution >= 4 is 28.3 Å². The van der Waals surface area contributed by atoms with Crippen molar-refractivity contribution in [1.82, 2.24) is 25.2 Å². The molecule has 29 heavy (non-hydrogen) atoms. The number of benzene rings is 1. The third-order valence-electron chi connectivity index (χ3n) is 6.26. The summed E-state index contributed by atoms with van der Waals surface area (Å²) in [5, 5.41) is 13.8. The first-order valence-electron chi connectivity index (χ1n) is 10.1. The molecule has 1 aliphatic carbocycles. The Hall–Kier alpha value is -2.29. The minimum atomic E-state index is -0.498. The third-order valence-corrected chi connectivity index (χ3v) is 7.02. The van der Waals surface area contributed by atoms with Gasteiger partial charge in [-0.2, -0.15) is 0 Å². The Labute approximate surface area is 173 Å². The number of likely N-dealkylation sites (tertiary alicyclic amines) is 1. The second-order valence-electron chi connectivity index (χ2n) is 8.35. The fraction of sp³-hybridized carbons (Fsp3) is 0.476. The lowest BCUT2D eigenvalue weighted by Crippen LogP contribution is -2.49. The van der Waals surface area contributed by atoms with Crippen LogP contribution in [0.4, 0.5) is 0 Å². The van der Waals surface area contributed by atoms with Gasteiger partial charge >= 0.3 is 0 Å². The number of aromatic amines is 1.